The summed E-state index contributed by atoms with van der Waals surface area (Å²) in [5.41, 5.74) is 22.3. The van der Waals surface area contributed by atoms with Gasteiger partial charge in [0.1, 0.15) is 0 Å². The molecule has 0 saturated heterocycles. The topological polar surface area (TPSA) is 8.17 Å². The molecule has 2 aliphatic heterocycles. The lowest BCUT2D eigenvalue weighted by Crippen LogP contribution is -2.56. The van der Waals surface area contributed by atoms with Crippen LogP contribution in [0.15, 0.2) is 176 Å². The molecule has 0 bridgehead atoms. The van der Waals surface area contributed by atoms with Crippen molar-refractivity contribution in [2.24, 2.45) is 0 Å². The Bertz CT molecular complexity index is 3960. The van der Waals surface area contributed by atoms with Gasteiger partial charge in [0, 0.05) is 44.4 Å². The SMILES string of the molecule is CCCCc1c2ccccc2c(CCCC)c2cc3c(cc12)B1c2c(cc4ccccc4c2-c2cc(C(C)(C)C)cc4c5cc(C(C)(C)C)ccc5n1c24)N3c1cc(-c2ccccc2)cc(-c2ccccc2)c1. The smallest absolute Gasteiger partial charge is 0.333 e. The second-order valence-corrected chi connectivity index (χ2v) is 23.3. The molecule has 0 N–H and O–H groups in total. The van der Waals surface area contributed by atoms with Gasteiger partial charge >= 0.3 is 6.85 Å². The van der Waals surface area contributed by atoms with Crippen molar-refractivity contribution in [1.29, 1.82) is 0 Å². The van der Waals surface area contributed by atoms with Crippen LogP contribution in [0.4, 0.5) is 17.1 Å². The molecule has 0 aliphatic carbocycles. The third kappa shape index (κ3) is 7.20. The van der Waals surface area contributed by atoms with E-state index in [-0.39, 0.29) is 17.7 Å². The predicted octanol–water partition coefficient (Wildman–Crippen LogP) is 18.3. The Hall–Kier alpha value is -7.36. The van der Waals surface area contributed by atoms with Crippen LogP contribution < -0.4 is 15.8 Å². The Morgan fingerprint density at radius 3 is 1.60 bits per heavy atom. The lowest BCUT2D eigenvalue weighted by atomic mass is 9.44. The van der Waals surface area contributed by atoms with Crippen molar-refractivity contribution < 1.29 is 0 Å². The van der Waals surface area contributed by atoms with Crippen LogP contribution in [-0.2, 0) is 23.7 Å². The molecular formula is C70H65BN2. The summed E-state index contributed by atoms with van der Waals surface area (Å²) in [6.07, 6.45) is 6.68. The average molecular weight is 945 g/mol. The molecular weight excluding hydrogens is 880 g/mol. The van der Waals surface area contributed by atoms with Crippen LogP contribution >= 0.6 is 0 Å². The van der Waals surface area contributed by atoms with Gasteiger partial charge in [0.25, 0.3) is 0 Å². The molecule has 0 saturated carbocycles. The van der Waals surface area contributed by atoms with Crippen molar-refractivity contribution in [2.45, 2.75) is 105 Å². The number of aryl methyl sites for hydroxylation is 2. The summed E-state index contributed by atoms with van der Waals surface area (Å²) in [6.45, 7) is 18.8. The maximum absolute atomic E-state index is 2.79. The fraction of sp³-hybridized carbons (Fsp3) is 0.229. The largest absolute Gasteiger partial charge is 0.375 e. The Kier molecular flexibility index (Phi) is 10.7. The molecule has 0 amide bonds. The zero-order chi connectivity index (χ0) is 49.9. The molecule has 358 valence electrons. The van der Waals surface area contributed by atoms with E-state index in [2.05, 4.69) is 241 Å². The number of rotatable bonds is 9. The molecule has 10 aromatic carbocycles. The standard InChI is InChI=1S/C70H65BN2/c1-9-11-28-55-53-31-21-22-32-54(53)56(29-12-10-2)58-43-64-62(42-57(55)58)71-67-65(72(64)51-36-47(44-23-15-13-16-24-44)35-48(37-51)45-25-17-14-18-26-45)38-46-27-19-20-30-52(46)66(67)61-41-50(70(6,7)8)40-60-59-39-49(69(3,4)5)33-34-63(59)73(71)68(60)61/h13-27,30-43H,9-12,28-29H2,1-8H3. The molecule has 2 aliphatic rings. The van der Waals surface area contributed by atoms with Gasteiger partial charge in [-0.3, -0.25) is 0 Å². The number of unbranched alkanes of at least 4 members (excludes halogenated alkanes) is 2. The van der Waals surface area contributed by atoms with Crippen molar-refractivity contribution in [3.8, 4) is 33.4 Å². The van der Waals surface area contributed by atoms with Gasteiger partial charge in [-0.2, -0.15) is 0 Å². The number of hydrogen-bond donors (Lipinski definition) is 0. The Labute approximate surface area is 432 Å². The van der Waals surface area contributed by atoms with Crippen LogP contribution in [0.25, 0.3) is 87.5 Å². The third-order valence-electron chi connectivity index (χ3n) is 16.6. The molecule has 73 heavy (non-hydrogen) atoms. The molecule has 3 heterocycles. The highest BCUT2D eigenvalue weighted by Crippen LogP contribution is 2.51. The van der Waals surface area contributed by atoms with E-state index in [4.69, 9.17) is 0 Å². The van der Waals surface area contributed by atoms with Gasteiger partial charge in [0.2, 0.25) is 0 Å². The molecule has 3 heteroatoms. The van der Waals surface area contributed by atoms with Crippen molar-refractivity contribution in [2.75, 3.05) is 4.90 Å². The predicted molar refractivity (Wildman–Crippen MR) is 318 cm³/mol. The van der Waals surface area contributed by atoms with E-state index in [0.29, 0.717) is 0 Å². The summed E-state index contributed by atoms with van der Waals surface area (Å²) in [5, 5.41) is 10.9. The number of hydrogen-bond acceptors (Lipinski definition) is 1. The van der Waals surface area contributed by atoms with E-state index in [1.807, 2.05) is 0 Å². The van der Waals surface area contributed by atoms with Crippen LogP contribution in [0.2, 0.25) is 0 Å². The van der Waals surface area contributed by atoms with E-state index < -0.39 is 0 Å². The highest BCUT2D eigenvalue weighted by atomic mass is 15.2. The number of anilines is 3. The summed E-state index contributed by atoms with van der Waals surface area (Å²) < 4.78 is 2.79. The maximum Gasteiger partial charge on any atom is 0.333 e. The Morgan fingerprint density at radius 1 is 0.438 bits per heavy atom. The quantitative estimate of drug-likeness (QED) is 0.103. The fourth-order valence-corrected chi connectivity index (χ4v) is 12.9. The fourth-order valence-electron chi connectivity index (χ4n) is 12.9. The maximum atomic E-state index is 2.79. The van der Waals surface area contributed by atoms with Crippen LogP contribution in [0.1, 0.15) is 103 Å². The summed E-state index contributed by atoms with van der Waals surface area (Å²) in [6, 6.07) is 68.3. The summed E-state index contributed by atoms with van der Waals surface area (Å²) in [4.78, 5) is 2.69. The first kappa shape index (κ1) is 45.5. The molecule has 0 atom stereocenters. The minimum atomic E-state index is -0.0887. The lowest BCUT2D eigenvalue weighted by molar-refractivity contribution is 0.590. The van der Waals surface area contributed by atoms with E-state index in [1.165, 1.54) is 138 Å². The van der Waals surface area contributed by atoms with E-state index in [1.54, 1.807) is 0 Å². The molecule has 11 aromatic rings. The van der Waals surface area contributed by atoms with Crippen molar-refractivity contribution in [1.82, 2.24) is 4.48 Å². The van der Waals surface area contributed by atoms with E-state index >= 15 is 0 Å². The number of benzene rings is 10. The Balaban J connectivity index is 1.24. The van der Waals surface area contributed by atoms with Crippen LogP contribution in [0, 0.1) is 0 Å². The zero-order valence-electron chi connectivity index (χ0n) is 44.0. The molecule has 13 rings (SSSR count). The monoisotopic (exact) mass is 945 g/mol. The van der Waals surface area contributed by atoms with Crippen molar-refractivity contribution in [3.63, 3.8) is 0 Å². The van der Waals surface area contributed by atoms with E-state index in [0.717, 1.165) is 38.5 Å². The number of nitrogens with zero attached hydrogens (tertiary/aromatic N) is 2. The summed E-state index contributed by atoms with van der Waals surface area (Å²) >= 11 is 0. The highest BCUT2D eigenvalue weighted by Gasteiger charge is 2.44. The number of fused-ring (bicyclic) bond motifs is 11. The van der Waals surface area contributed by atoms with Gasteiger partial charge in [-0.25, -0.2) is 0 Å². The lowest BCUT2D eigenvalue weighted by Gasteiger charge is -2.42. The van der Waals surface area contributed by atoms with E-state index in [9.17, 15) is 0 Å². The first-order valence-electron chi connectivity index (χ1n) is 27.2. The van der Waals surface area contributed by atoms with Gasteiger partial charge in [-0.15, -0.1) is 0 Å². The minimum absolute atomic E-state index is 0.00348. The van der Waals surface area contributed by atoms with Gasteiger partial charge in [0.15, 0.2) is 0 Å². The third-order valence-corrected chi connectivity index (χ3v) is 16.6. The van der Waals surface area contributed by atoms with Crippen molar-refractivity contribution >= 4 is 89.0 Å². The normalized spacial score (nSPS) is 13.2. The molecule has 1 aromatic heterocycles. The van der Waals surface area contributed by atoms with Gasteiger partial charge in [-0.1, -0.05) is 190 Å². The van der Waals surface area contributed by atoms with Crippen LogP contribution in [0.5, 0.6) is 0 Å². The summed E-state index contributed by atoms with van der Waals surface area (Å²) in [7, 11) is 0. The van der Waals surface area contributed by atoms with Crippen molar-refractivity contribution in [3.05, 3.63) is 198 Å². The van der Waals surface area contributed by atoms with Gasteiger partial charge in [0.05, 0.1) is 0 Å². The molecule has 0 radical (unpaired) electrons. The zero-order valence-corrected chi connectivity index (χ0v) is 44.0. The van der Waals surface area contributed by atoms with Crippen LogP contribution in [-0.4, -0.2) is 11.3 Å². The first-order valence-corrected chi connectivity index (χ1v) is 27.2. The first-order chi connectivity index (χ1) is 35.4. The molecule has 0 spiro atoms. The number of aromatic nitrogens is 1. The Morgan fingerprint density at radius 2 is 1.00 bits per heavy atom. The molecule has 2 nitrogen and oxygen atoms in total. The average Bonchev–Trinajstić information content (AvgIpc) is 3.73. The van der Waals surface area contributed by atoms with Gasteiger partial charge in [-0.05, 0) is 184 Å². The minimum Gasteiger partial charge on any atom is -0.375 e. The molecule has 0 unspecified atom stereocenters. The summed E-state index contributed by atoms with van der Waals surface area (Å²) in [5.74, 6) is 0. The van der Waals surface area contributed by atoms with Gasteiger partial charge < -0.3 is 9.38 Å². The second-order valence-electron chi connectivity index (χ2n) is 23.3. The van der Waals surface area contributed by atoms with Crippen LogP contribution in [0.3, 0.4) is 0 Å². The molecule has 0 fully saturated rings. The second kappa shape index (κ2) is 17.1. The highest BCUT2D eigenvalue weighted by molar-refractivity contribution is 6.90.